The van der Waals surface area contributed by atoms with E-state index in [0.29, 0.717) is 47.3 Å². The summed E-state index contributed by atoms with van der Waals surface area (Å²) >= 11 is 4.77. The number of rotatable bonds is 7. The fourth-order valence-electron chi connectivity index (χ4n) is 4.61. The van der Waals surface area contributed by atoms with Crippen LogP contribution < -0.4 is 9.62 Å². The van der Waals surface area contributed by atoms with Crippen LogP contribution in [0.2, 0.25) is 11.3 Å². The molecule has 10 heteroatoms. The predicted octanol–water partition coefficient (Wildman–Crippen LogP) is 4.22. The molecule has 178 valence electrons. The maximum Gasteiger partial charge on any atom is 0.454 e. The van der Waals surface area contributed by atoms with Gasteiger partial charge in [0.25, 0.3) is 5.91 Å². The van der Waals surface area contributed by atoms with Crippen LogP contribution in [0.5, 0.6) is 0 Å². The van der Waals surface area contributed by atoms with Crippen molar-refractivity contribution in [1.29, 1.82) is 0 Å². The maximum atomic E-state index is 12.9. The van der Waals surface area contributed by atoms with Crippen LogP contribution in [-0.4, -0.2) is 49.1 Å². The summed E-state index contributed by atoms with van der Waals surface area (Å²) in [6, 6.07) is 11.1. The normalized spacial score (nSPS) is 19.0. The summed E-state index contributed by atoms with van der Waals surface area (Å²) < 4.78 is 26.3. The molecule has 2 aromatic carbocycles. The van der Waals surface area contributed by atoms with Gasteiger partial charge in [-0.15, -0.1) is 0 Å². The van der Waals surface area contributed by atoms with Crippen molar-refractivity contribution in [3.05, 3.63) is 52.5 Å². The van der Waals surface area contributed by atoms with Gasteiger partial charge in [0.1, 0.15) is 17.6 Å². The van der Waals surface area contributed by atoms with Crippen molar-refractivity contribution in [2.75, 3.05) is 30.8 Å². The van der Waals surface area contributed by atoms with Gasteiger partial charge >= 0.3 is 7.12 Å². The van der Waals surface area contributed by atoms with Gasteiger partial charge in [-0.25, -0.2) is 0 Å². The van der Waals surface area contributed by atoms with Crippen LogP contribution in [0.4, 0.5) is 5.69 Å². The van der Waals surface area contributed by atoms with Crippen molar-refractivity contribution in [1.82, 2.24) is 5.32 Å². The number of fused-ring (bicyclic) bond motifs is 1. The predicted molar refractivity (Wildman–Crippen MR) is 136 cm³/mol. The van der Waals surface area contributed by atoms with E-state index in [2.05, 4.69) is 5.32 Å². The van der Waals surface area contributed by atoms with Gasteiger partial charge in [0.15, 0.2) is 0 Å². The molecule has 1 aliphatic carbocycles. The molecule has 2 unspecified atom stereocenters. The molecule has 3 aromatic rings. The van der Waals surface area contributed by atoms with E-state index in [1.165, 1.54) is 0 Å². The first kappa shape index (κ1) is 23.6. The molecule has 2 fully saturated rings. The van der Waals surface area contributed by atoms with Gasteiger partial charge in [-0.1, -0.05) is 11.6 Å². The molecule has 2 N–H and O–H groups in total. The van der Waals surface area contributed by atoms with Gasteiger partial charge in [-0.05, 0) is 61.0 Å². The second-order valence-electron chi connectivity index (χ2n) is 8.95. The lowest BCUT2D eigenvalue weighted by atomic mass is 9.82. The summed E-state index contributed by atoms with van der Waals surface area (Å²) in [7, 11) is 0.827. The third kappa shape index (κ3) is 4.55. The largest absolute Gasteiger partial charge is 0.593 e. The van der Waals surface area contributed by atoms with Gasteiger partial charge in [0.05, 0.1) is 29.2 Å². The molecule has 7 nitrogen and oxygen atoms in total. The molecule has 5 rings (SSSR count). The van der Waals surface area contributed by atoms with Gasteiger partial charge in [-0.3, -0.25) is 4.79 Å². The summed E-state index contributed by atoms with van der Waals surface area (Å²) in [6.07, 6.45) is 4.26. The molecule has 1 aromatic heterocycles. The second kappa shape index (κ2) is 9.47. The third-order valence-corrected chi connectivity index (χ3v) is 7.70. The lowest BCUT2D eigenvalue weighted by Crippen LogP contribution is -2.35. The van der Waals surface area contributed by atoms with Crippen molar-refractivity contribution >= 4 is 52.6 Å². The van der Waals surface area contributed by atoms with Gasteiger partial charge < -0.3 is 24.0 Å². The number of nitrogens with one attached hydrogen (secondary N) is 1. The minimum Gasteiger partial charge on any atom is -0.593 e. The molecule has 2 heterocycles. The minimum atomic E-state index is -1.29. The van der Waals surface area contributed by atoms with E-state index in [4.69, 9.17) is 20.7 Å². The Labute approximate surface area is 206 Å². The Morgan fingerprint density at radius 3 is 2.65 bits per heavy atom. The van der Waals surface area contributed by atoms with Crippen LogP contribution in [0, 0.1) is 5.92 Å². The van der Waals surface area contributed by atoms with Crippen LogP contribution >= 0.6 is 11.6 Å². The number of hydrogen-bond donors (Lipinski definition) is 2. The molecule has 1 saturated heterocycles. The zero-order valence-electron chi connectivity index (χ0n) is 19.0. The fourth-order valence-corrected chi connectivity index (χ4v) is 5.60. The summed E-state index contributed by atoms with van der Waals surface area (Å²) in [6.45, 7) is 0.927. The fraction of sp³-hybridized carbons (Fsp3) is 0.375. The highest BCUT2D eigenvalue weighted by Gasteiger charge is 2.36. The van der Waals surface area contributed by atoms with E-state index < -0.39 is 18.5 Å². The molecule has 1 amide bonds. The Morgan fingerprint density at radius 2 is 2.06 bits per heavy atom. The smallest absolute Gasteiger partial charge is 0.454 e. The Kier molecular flexibility index (Phi) is 6.57. The monoisotopic (exact) mass is 500 g/mol. The van der Waals surface area contributed by atoms with Gasteiger partial charge in [0, 0.05) is 41.6 Å². The van der Waals surface area contributed by atoms with Crippen molar-refractivity contribution in [2.24, 2.45) is 5.92 Å². The number of nitrogens with zero attached hydrogens (tertiary/aromatic N) is 1. The number of hydrogen-bond acceptors (Lipinski definition) is 6. The summed E-state index contributed by atoms with van der Waals surface area (Å²) in [5, 5.41) is 13.8. The summed E-state index contributed by atoms with van der Waals surface area (Å²) in [5.41, 5.74) is 3.69. The van der Waals surface area contributed by atoms with Gasteiger partial charge in [-0.2, -0.15) is 4.31 Å². The van der Waals surface area contributed by atoms with E-state index in [-0.39, 0.29) is 11.8 Å². The molecule has 1 aliphatic heterocycles. The molecule has 2 atom stereocenters. The lowest BCUT2D eigenvalue weighted by molar-refractivity contribution is 0.0964. The second-order valence-corrected chi connectivity index (χ2v) is 10.7. The number of anilines is 1. The van der Waals surface area contributed by atoms with Crippen LogP contribution in [-0.2, 0) is 16.0 Å². The Bertz CT molecular complexity index is 1210. The molecular weight excluding hydrogens is 475 g/mol. The average Bonchev–Trinajstić information content (AvgIpc) is 3.48. The van der Waals surface area contributed by atoms with Gasteiger partial charge in [0.2, 0.25) is 0 Å². The third-order valence-electron chi connectivity index (χ3n) is 6.48. The van der Waals surface area contributed by atoms with E-state index in [1.54, 1.807) is 25.4 Å². The van der Waals surface area contributed by atoms with E-state index in [1.807, 2.05) is 28.6 Å². The number of furan rings is 1. The average molecular weight is 501 g/mol. The first-order valence-electron chi connectivity index (χ1n) is 11.3. The molecule has 34 heavy (non-hydrogen) atoms. The Hall–Kier alpha value is -2.17. The first-order chi connectivity index (χ1) is 16.4. The topological polar surface area (TPSA) is 98.0 Å². The van der Waals surface area contributed by atoms with Crippen molar-refractivity contribution in [2.45, 2.75) is 25.1 Å². The maximum absolute atomic E-state index is 12.9. The highest BCUT2D eigenvalue weighted by molar-refractivity contribution is 7.92. The molecule has 0 bridgehead atoms. The number of halogens is 1. The number of carbonyl (C=O) groups excluding carboxylic acids is 1. The quantitative estimate of drug-likeness (QED) is 0.372. The SMILES string of the molecule is CNC(=O)c1c(-c2ccc(Cl)cc2)oc2cc(N(CC3COB(O)C3)[S+](C)[O-])c(C3CC3)cc12. The number of benzene rings is 2. The highest BCUT2D eigenvalue weighted by atomic mass is 35.5. The van der Waals surface area contributed by atoms with E-state index in [0.717, 1.165) is 35.0 Å². The van der Waals surface area contributed by atoms with Crippen LogP contribution in [0.3, 0.4) is 0 Å². The lowest BCUT2D eigenvalue weighted by Gasteiger charge is -2.28. The summed E-state index contributed by atoms with van der Waals surface area (Å²) in [4.78, 5) is 12.9. The Morgan fingerprint density at radius 1 is 1.32 bits per heavy atom. The highest BCUT2D eigenvalue weighted by Crippen LogP contribution is 2.48. The van der Waals surface area contributed by atoms with E-state index >= 15 is 0 Å². The van der Waals surface area contributed by atoms with Crippen LogP contribution in [0.25, 0.3) is 22.3 Å². The standard InChI is InChI=1S/C24H26BClN2O5S/c1-27-24(29)22-19-9-18(15-3-4-15)20(28(34(2)31)12-14-11-25(30)32-13-14)10-21(19)33-23(22)16-5-7-17(26)8-6-16/h5-10,14-15,30H,3-4,11-13H2,1-2H3,(H,27,29). The van der Waals surface area contributed by atoms with E-state index in [9.17, 15) is 14.4 Å². The summed E-state index contributed by atoms with van der Waals surface area (Å²) in [5.74, 6) is 0.666. The van der Waals surface area contributed by atoms with Crippen molar-refractivity contribution in [3.8, 4) is 11.3 Å². The molecule has 2 aliphatic rings. The number of amides is 1. The molecule has 1 saturated carbocycles. The van der Waals surface area contributed by atoms with Crippen LogP contribution in [0.15, 0.2) is 40.8 Å². The molecular formula is C24H26BClN2O5S. The van der Waals surface area contributed by atoms with Crippen molar-refractivity contribution < 1.29 is 23.4 Å². The Balaban J connectivity index is 1.65. The number of carbonyl (C=O) groups is 1. The minimum absolute atomic E-state index is 0.0734. The molecule has 0 radical (unpaired) electrons. The van der Waals surface area contributed by atoms with Crippen LogP contribution in [0.1, 0.15) is 34.7 Å². The zero-order valence-corrected chi connectivity index (χ0v) is 20.6. The van der Waals surface area contributed by atoms with Crippen molar-refractivity contribution in [3.63, 3.8) is 0 Å². The zero-order chi connectivity index (χ0) is 24.0. The first-order valence-corrected chi connectivity index (χ1v) is 13.2. The molecule has 0 spiro atoms.